The van der Waals surface area contributed by atoms with E-state index in [1.54, 1.807) is 12.1 Å². The quantitative estimate of drug-likeness (QED) is 0.800. The van der Waals surface area contributed by atoms with E-state index in [-0.39, 0.29) is 5.92 Å². The summed E-state index contributed by atoms with van der Waals surface area (Å²) >= 11 is 5.96. The maximum absolute atomic E-state index is 12.2. The molecule has 1 unspecified atom stereocenters. The molecule has 3 heteroatoms. The van der Waals surface area contributed by atoms with Gasteiger partial charge in [0, 0.05) is 5.02 Å². The van der Waals surface area contributed by atoms with Crippen LogP contribution in [0.25, 0.3) is 0 Å². The van der Waals surface area contributed by atoms with Crippen LogP contribution in [0.4, 0.5) is 4.39 Å². The Balaban J connectivity index is 2.98. The summed E-state index contributed by atoms with van der Waals surface area (Å²) in [4.78, 5) is 0. The van der Waals surface area contributed by atoms with Gasteiger partial charge >= 0.3 is 0 Å². The first-order chi connectivity index (χ1) is 6.19. The molecule has 0 aliphatic heterocycles. The molecular weight excluding hydrogens is 189 g/mol. The Morgan fingerprint density at radius 3 is 2.69 bits per heavy atom. The van der Waals surface area contributed by atoms with Gasteiger partial charge in [-0.2, -0.15) is 0 Å². The van der Waals surface area contributed by atoms with Crippen molar-refractivity contribution in [3.63, 3.8) is 0 Å². The smallest absolute Gasteiger partial charge is 0.115 e. The lowest BCUT2D eigenvalue weighted by Crippen LogP contribution is -2.09. The Morgan fingerprint density at radius 1 is 1.54 bits per heavy atom. The van der Waals surface area contributed by atoms with Crippen LogP contribution in [0, 0.1) is 0 Å². The molecule has 0 radical (unpaired) electrons. The van der Waals surface area contributed by atoms with Crippen molar-refractivity contribution >= 4 is 11.6 Å². The molecule has 0 amide bonds. The van der Waals surface area contributed by atoms with E-state index in [2.05, 4.69) is 0 Å². The van der Waals surface area contributed by atoms with Crippen LogP contribution in [0.3, 0.4) is 0 Å². The number of hydrogen-bond donors (Lipinski definition) is 1. The van der Waals surface area contributed by atoms with Crippen molar-refractivity contribution in [2.45, 2.75) is 19.5 Å². The zero-order valence-corrected chi connectivity index (χ0v) is 8.31. The number of nitrogens with two attached hydrogens (primary N) is 1. The average Bonchev–Trinajstić information content (AvgIpc) is 2.16. The third-order valence-electron chi connectivity index (χ3n) is 2.10. The molecule has 0 saturated heterocycles. The average molecular weight is 202 g/mol. The van der Waals surface area contributed by atoms with Crippen molar-refractivity contribution in [3.8, 4) is 0 Å². The molecule has 1 aromatic carbocycles. The van der Waals surface area contributed by atoms with E-state index < -0.39 is 6.67 Å². The first-order valence-corrected chi connectivity index (χ1v) is 4.61. The van der Waals surface area contributed by atoms with Gasteiger partial charge in [-0.15, -0.1) is 0 Å². The first kappa shape index (κ1) is 10.5. The highest BCUT2D eigenvalue weighted by Gasteiger charge is 2.08. The van der Waals surface area contributed by atoms with Gasteiger partial charge in [0.05, 0.1) is 0 Å². The van der Waals surface area contributed by atoms with Crippen LogP contribution in [-0.4, -0.2) is 6.54 Å². The normalized spacial score (nSPS) is 12.9. The molecule has 72 valence electrons. The zero-order valence-electron chi connectivity index (χ0n) is 7.56. The van der Waals surface area contributed by atoms with Crippen molar-refractivity contribution in [1.29, 1.82) is 0 Å². The second-order valence-corrected chi connectivity index (χ2v) is 3.53. The van der Waals surface area contributed by atoms with Gasteiger partial charge in [0.2, 0.25) is 0 Å². The highest BCUT2D eigenvalue weighted by atomic mass is 35.5. The van der Waals surface area contributed by atoms with Crippen LogP contribution in [0.2, 0.25) is 5.02 Å². The fraction of sp³-hybridized carbons (Fsp3) is 0.400. The Hall–Kier alpha value is -0.600. The van der Waals surface area contributed by atoms with E-state index >= 15 is 0 Å². The van der Waals surface area contributed by atoms with Gasteiger partial charge in [-0.05, 0) is 29.7 Å². The summed E-state index contributed by atoms with van der Waals surface area (Å²) in [6.45, 7) is 2.07. The van der Waals surface area contributed by atoms with Gasteiger partial charge in [-0.1, -0.05) is 30.7 Å². The number of rotatable bonds is 3. The van der Waals surface area contributed by atoms with Crippen LogP contribution in [0.5, 0.6) is 0 Å². The van der Waals surface area contributed by atoms with E-state index in [9.17, 15) is 4.39 Å². The van der Waals surface area contributed by atoms with Crippen LogP contribution in [0.1, 0.15) is 24.0 Å². The molecule has 0 aliphatic rings. The van der Waals surface area contributed by atoms with E-state index in [1.165, 1.54) is 0 Å². The lowest BCUT2D eigenvalue weighted by atomic mass is 10.0. The molecule has 0 aromatic heterocycles. The zero-order chi connectivity index (χ0) is 9.84. The number of hydrogen-bond acceptors (Lipinski definition) is 1. The molecule has 0 fully saturated rings. The molecule has 13 heavy (non-hydrogen) atoms. The van der Waals surface area contributed by atoms with Crippen molar-refractivity contribution in [3.05, 3.63) is 34.3 Å². The van der Waals surface area contributed by atoms with Crippen molar-refractivity contribution in [1.82, 2.24) is 0 Å². The standard InChI is InChI=1S/C10H13ClFN/c1-7(6-13)9-3-2-8(5-12)4-10(9)11/h2-4,7H,5-6,13H2,1H3. The number of halogens is 2. The van der Waals surface area contributed by atoms with Crippen LogP contribution in [0.15, 0.2) is 18.2 Å². The van der Waals surface area contributed by atoms with Crippen LogP contribution in [-0.2, 0) is 6.67 Å². The summed E-state index contributed by atoms with van der Waals surface area (Å²) in [7, 11) is 0. The van der Waals surface area contributed by atoms with E-state index in [1.807, 2.05) is 13.0 Å². The van der Waals surface area contributed by atoms with Gasteiger partial charge in [0.15, 0.2) is 0 Å². The first-order valence-electron chi connectivity index (χ1n) is 4.23. The predicted molar refractivity (Wildman–Crippen MR) is 53.7 cm³/mol. The number of benzene rings is 1. The van der Waals surface area contributed by atoms with Gasteiger partial charge in [0.1, 0.15) is 6.67 Å². The molecule has 1 aromatic rings. The lowest BCUT2D eigenvalue weighted by molar-refractivity contribution is 0.485. The molecule has 1 rings (SSSR count). The third kappa shape index (κ3) is 2.42. The number of alkyl halides is 1. The highest BCUT2D eigenvalue weighted by molar-refractivity contribution is 6.31. The summed E-state index contributed by atoms with van der Waals surface area (Å²) in [5, 5.41) is 0.605. The fourth-order valence-corrected chi connectivity index (χ4v) is 1.57. The minimum absolute atomic E-state index is 0.223. The largest absolute Gasteiger partial charge is 0.330 e. The Bertz CT molecular complexity index is 288. The molecule has 0 spiro atoms. The minimum atomic E-state index is -0.475. The molecular formula is C10H13ClFN. The fourth-order valence-electron chi connectivity index (χ4n) is 1.18. The van der Waals surface area contributed by atoms with Gasteiger partial charge in [-0.25, -0.2) is 4.39 Å². The van der Waals surface area contributed by atoms with E-state index in [4.69, 9.17) is 17.3 Å². The Labute approximate surface area is 82.7 Å². The summed E-state index contributed by atoms with van der Waals surface area (Å²) in [6.07, 6.45) is 0. The second-order valence-electron chi connectivity index (χ2n) is 3.13. The molecule has 0 aliphatic carbocycles. The summed E-state index contributed by atoms with van der Waals surface area (Å²) in [6, 6.07) is 5.24. The minimum Gasteiger partial charge on any atom is -0.330 e. The van der Waals surface area contributed by atoms with Crippen molar-refractivity contribution < 1.29 is 4.39 Å². The maximum Gasteiger partial charge on any atom is 0.115 e. The highest BCUT2D eigenvalue weighted by Crippen LogP contribution is 2.25. The van der Waals surface area contributed by atoms with Crippen molar-refractivity contribution in [2.75, 3.05) is 6.54 Å². The molecule has 1 atom stereocenters. The third-order valence-corrected chi connectivity index (χ3v) is 2.43. The molecule has 0 bridgehead atoms. The lowest BCUT2D eigenvalue weighted by Gasteiger charge is -2.11. The van der Waals surface area contributed by atoms with Gasteiger partial charge in [-0.3, -0.25) is 0 Å². The van der Waals surface area contributed by atoms with Gasteiger partial charge < -0.3 is 5.73 Å². The maximum atomic E-state index is 12.2. The Kier molecular flexibility index (Phi) is 3.70. The second kappa shape index (κ2) is 4.58. The monoisotopic (exact) mass is 201 g/mol. The van der Waals surface area contributed by atoms with Crippen molar-refractivity contribution in [2.24, 2.45) is 5.73 Å². The topological polar surface area (TPSA) is 26.0 Å². The molecule has 2 N–H and O–H groups in total. The molecule has 1 nitrogen and oxygen atoms in total. The van der Waals surface area contributed by atoms with E-state index in [0.717, 1.165) is 5.56 Å². The summed E-state index contributed by atoms with van der Waals surface area (Å²) in [5.74, 6) is 0.223. The summed E-state index contributed by atoms with van der Waals surface area (Å²) in [5.41, 5.74) is 7.11. The SMILES string of the molecule is CC(CN)c1ccc(CF)cc1Cl. The Morgan fingerprint density at radius 2 is 2.23 bits per heavy atom. The van der Waals surface area contributed by atoms with Gasteiger partial charge in [0.25, 0.3) is 0 Å². The van der Waals surface area contributed by atoms with Crippen LogP contribution >= 0.6 is 11.6 Å². The molecule has 0 saturated carbocycles. The summed E-state index contributed by atoms with van der Waals surface area (Å²) < 4.78 is 12.2. The predicted octanol–water partition coefficient (Wildman–Crippen LogP) is 2.87. The van der Waals surface area contributed by atoms with Crippen LogP contribution < -0.4 is 5.73 Å². The molecule has 0 heterocycles. The van der Waals surface area contributed by atoms with E-state index in [0.29, 0.717) is 17.1 Å².